The van der Waals surface area contributed by atoms with Gasteiger partial charge in [-0.15, -0.1) is 0 Å². The maximum atomic E-state index is 12.1. The highest BCUT2D eigenvalue weighted by atomic mass is 35.5. The Morgan fingerprint density at radius 3 is 2.72 bits per heavy atom. The van der Waals surface area contributed by atoms with Gasteiger partial charge in [-0.05, 0) is 31.7 Å². The molecule has 1 aromatic heterocycles. The molecule has 1 unspecified atom stereocenters. The molecule has 3 N–H and O–H groups in total. The molecule has 100 valence electrons. The average molecular weight is 290 g/mol. The largest absolute Gasteiger partial charge is 0.382 e. The van der Waals surface area contributed by atoms with Gasteiger partial charge in [0.25, 0.3) is 0 Å². The molecule has 0 saturated heterocycles. The van der Waals surface area contributed by atoms with Crippen LogP contribution in [-0.4, -0.2) is 19.4 Å². The molecule has 5 nitrogen and oxygen atoms in total. The van der Waals surface area contributed by atoms with Crippen molar-refractivity contribution in [2.24, 2.45) is 5.92 Å². The van der Waals surface area contributed by atoms with E-state index in [4.69, 9.17) is 17.3 Å². The second kappa shape index (κ2) is 5.03. The molecular weight excluding hydrogens is 274 g/mol. The summed E-state index contributed by atoms with van der Waals surface area (Å²) in [6.45, 7) is 1.88. The van der Waals surface area contributed by atoms with Gasteiger partial charge >= 0.3 is 0 Å². The number of nitrogens with two attached hydrogens (primary N) is 1. The van der Waals surface area contributed by atoms with E-state index in [1.165, 1.54) is 18.7 Å². The number of aromatic nitrogens is 1. The first-order valence-electron chi connectivity index (χ1n) is 5.83. The maximum absolute atomic E-state index is 12.1. The smallest absolute Gasteiger partial charge is 0.242 e. The number of anilines is 1. The van der Waals surface area contributed by atoms with E-state index >= 15 is 0 Å². The third kappa shape index (κ3) is 2.76. The van der Waals surface area contributed by atoms with Gasteiger partial charge in [-0.3, -0.25) is 0 Å². The summed E-state index contributed by atoms with van der Waals surface area (Å²) < 4.78 is 26.9. The van der Waals surface area contributed by atoms with E-state index in [0.29, 0.717) is 5.92 Å². The molecule has 0 radical (unpaired) electrons. The molecule has 7 heteroatoms. The number of halogens is 1. The Balaban J connectivity index is 2.16. The highest BCUT2D eigenvalue weighted by Crippen LogP contribution is 2.30. The van der Waals surface area contributed by atoms with E-state index in [0.717, 1.165) is 12.8 Å². The fraction of sp³-hybridized carbons (Fsp3) is 0.545. The Bertz CT molecular complexity index is 543. The minimum Gasteiger partial charge on any atom is -0.382 e. The summed E-state index contributed by atoms with van der Waals surface area (Å²) in [5, 5.41) is 0.147. The second-order valence-corrected chi connectivity index (χ2v) is 6.76. The van der Waals surface area contributed by atoms with Crippen LogP contribution in [0.3, 0.4) is 0 Å². The summed E-state index contributed by atoms with van der Waals surface area (Å²) in [6.07, 6.45) is 4.54. The number of nitrogens with zero attached hydrogens (tertiary/aromatic N) is 1. The van der Waals surface area contributed by atoms with Gasteiger partial charge in [0, 0.05) is 12.2 Å². The highest BCUT2D eigenvalue weighted by molar-refractivity contribution is 7.89. The first kappa shape index (κ1) is 13.6. The van der Waals surface area contributed by atoms with Gasteiger partial charge in [0.2, 0.25) is 10.0 Å². The Hall–Kier alpha value is -0.850. The van der Waals surface area contributed by atoms with Crippen molar-refractivity contribution in [3.05, 3.63) is 17.3 Å². The first-order chi connectivity index (χ1) is 8.40. The van der Waals surface area contributed by atoms with Gasteiger partial charge in [-0.2, -0.15) is 0 Å². The van der Waals surface area contributed by atoms with E-state index in [1.807, 2.05) is 6.92 Å². The van der Waals surface area contributed by atoms with Crippen molar-refractivity contribution < 1.29 is 8.42 Å². The van der Waals surface area contributed by atoms with E-state index < -0.39 is 10.0 Å². The molecule has 0 bridgehead atoms. The van der Waals surface area contributed by atoms with Gasteiger partial charge in [-0.25, -0.2) is 18.1 Å². The Morgan fingerprint density at radius 1 is 1.56 bits per heavy atom. The summed E-state index contributed by atoms with van der Waals surface area (Å²) in [7, 11) is -3.57. The molecule has 1 saturated carbocycles. The van der Waals surface area contributed by atoms with Crippen LogP contribution in [-0.2, 0) is 10.0 Å². The maximum Gasteiger partial charge on any atom is 0.242 e. The summed E-state index contributed by atoms with van der Waals surface area (Å²) in [5.41, 5.74) is 5.45. The zero-order valence-corrected chi connectivity index (χ0v) is 11.6. The molecule has 1 aliphatic rings. The normalized spacial score (nSPS) is 18.3. The summed E-state index contributed by atoms with van der Waals surface area (Å²) in [6, 6.07) is 1.25. The van der Waals surface area contributed by atoms with Gasteiger partial charge < -0.3 is 5.73 Å². The minimum atomic E-state index is -3.57. The fourth-order valence-electron chi connectivity index (χ4n) is 1.93. The van der Waals surface area contributed by atoms with Crippen molar-refractivity contribution in [1.82, 2.24) is 9.71 Å². The van der Waals surface area contributed by atoms with Crippen LogP contribution in [0, 0.1) is 5.92 Å². The van der Waals surface area contributed by atoms with Crippen LogP contribution in [0.1, 0.15) is 26.2 Å². The highest BCUT2D eigenvalue weighted by Gasteiger charge is 2.28. The zero-order chi connectivity index (χ0) is 13.3. The van der Waals surface area contributed by atoms with Crippen LogP contribution in [0.25, 0.3) is 0 Å². The Labute approximate surface area is 112 Å². The molecule has 0 amide bonds. The van der Waals surface area contributed by atoms with E-state index in [1.54, 1.807) is 0 Å². The first-order valence-corrected chi connectivity index (χ1v) is 7.69. The van der Waals surface area contributed by atoms with Crippen LogP contribution in [0.15, 0.2) is 17.2 Å². The molecule has 1 atom stereocenters. The predicted molar refractivity (Wildman–Crippen MR) is 70.8 cm³/mol. The van der Waals surface area contributed by atoms with Crippen LogP contribution >= 0.6 is 11.6 Å². The molecule has 2 rings (SSSR count). The third-order valence-electron chi connectivity index (χ3n) is 3.35. The standard InChI is InChI=1S/C11H16ClN3O2S/c1-7(8-3-2-4-8)15-18(16,17)9-5-10(12)11(13)14-6-9/h5-8,15H,2-4H2,1H3,(H2,13,14). The number of rotatable bonds is 4. The SMILES string of the molecule is CC(NS(=O)(=O)c1cnc(N)c(Cl)c1)C1CCC1. The van der Waals surface area contributed by atoms with Crippen molar-refractivity contribution in [1.29, 1.82) is 0 Å². The lowest BCUT2D eigenvalue weighted by molar-refractivity contribution is 0.260. The molecule has 1 fully saturated rings. The molecule has 0 aliphatic heterocycles. The lowest BCUT2D eigenvalue weighted by Crippen LogP contribution is -2.40. The molecule has 0 spiro atoms. The van der Waals surface area contributed by atoms with Crippen molar-refractivity contribution in [3.63, 3.8) is 0 Å². The number of nitrogen functional groups attached to an aromatic ring is 1. The van der Waals surface area contributed by atoms with Crippen LogP contribution in [0.5, 0.6) is 0 Å². The van der Waals surface area contributed by atoms with E-state index in [-0.39, 0.29) is 21.8 Å². The number of hydrogen-bond acceptors (Lipinski definition) is 4. The zero-order valence-electron chi connectivity index (χ0n) is 10.1. The molecule has 1 aromatic rings. The minimum absolute atomic E-state index is 0.0490. The average Bonchev–Trinajstić information content (AvgIpc) is 2.18. The van der Waals surface area contributed by atoms with Gasteiger partial charge in [0.15, 0.2) is 0 Å². The topological polar surface area (TPSA) is 85.1 Å². The number of sulfonamides is 1. The van der Waals surface area contributed by atoms with Crippen molar-refractivity contribution >= 4 is 27.4 Å². The van der Waals surface area contributed by atoms with E-state index in [2.05, 4.69) is 9.71 Å². The van der Waals surface area contributed by atoms with Crippen molar-refractivity contribution in [3.8, 4) is 0 Å². The molecule has 18 heavy (non-hydrogen) atoms. The van der Waals surface area contributed by atoms with Gasteiger partial charge in [0.1, 0.15) is 10.7 Å². The van der Waals surface area contributed by atoms with Gasteiger partial charge in [0.05, 0.1) is 5.02 Å². The number of pyridine rings is 1. The van der Waals surface area contributed by atoms with Crippen LogP contribution < -0.4 is 10.5 Å². The van der Waals surface area contributed by atoms with E-state index in [9.17, 15) is 8.42 Å². The third-order valence-corrected chi connectivity index (χ3v) is 5.18. The Kier molecular flexibility index (Phi) is 3.79. The lowest BCUT2D eigenvalue weighted by atomic mass is 9.81. The quantitative estimate of drug-likeness (QED) is 0.885. The summed E-state index contributed by atoms with van der Waals surface area (Å²) >= 11 is 5.78. The number of nitrogens with one attached hydrogen (secondary N) is 1. The van der Waals surface area contributed by atoms with Crippen LogP contribution in [0.2, 0.25) is 5.02 Å². The van der Waals surface area contributed by atoms with Crippen molar-refractivity contribution in [2.75, 3.05) is 5.73 Å². The molecule has 0 aromatic carbocycles. The summed E-state index contributed by atoms with van der Waals surface area (Å²) in [4.78, 5) is 3.81. The number of hydrogen-bond donors (Lipinski definition) is 2. The predicted octanol–water partition coefficient (Wildman–Crippen LogP) is 1.78. The van der Waals surface area contributed by atoms with Gasteiger partial charge in [-0.1, -0.05) is 18.0 Å². The Morgan fingerprint density at radius 2 is 2.22 bits per heavy atom. The second-order valence-electron chi connectivity index (χ2n) is 4.64. The van der Waals surface area contributed by atoms with Crippen molar-refractivity contribution in [2.45, 2.75) is 37.1 Å². The fourth-order valence-corrected chi connectivity index (χ4v) is 3.44. The lowest BCUT2D eigenvalue weighted by Gasteiger charge is -2.31. The molecule has 1 heterocycles. The monoisotopic (exact) mass is 289 g/mol. The molecular formula is C11H16ClN3O2S. The summed E-state index contributed by atoms with van der Waals surface area (Å²) in [5.74, 6) is 0.555. The molecule has 1 aliphatic carbocycles. The van der Waals surface area contributed by atoms with Crippen LogP contribution in [0.4, 0.5) is 5.82 Å².